The molecule has 0 aromatic carbocycles. The molecule has 0 aliphatic carbocycles. The Morgan fingerprint density at radius 3 is 2.84 bits per heavy atom. The molecular formula is C13H13ClFN3O. The van der Waals surface area contributed by atoms with Gasteiger partial charge in [0.15, 0.2) is 11.6 Å². The van der Waals surface area contributed by atoms with Gasteiger partial charge in [-0.15, -0.1) is 0 Å². The van der Waals surface area contributed by atoms with Gasteiger partial charge in [-0.3, -0.25) is 14.5 Å². The van der Waals surface area contributed by atoms with Crippen LogP contribution >= 0.6 is 11.6 Å². The first-order valence-electron chi connectivity index (χ1n) is 5.88. The highest BCUT2D eigenvalue weighted by Crippen LogP contribution is 2.22. The lowest BCUT2D eigenvalue weighted by atomic mass is 10.1. The predicted octanol–water partition coefficient (Wildman–Crippen LogP) is 2.60. The molecule has 4 nitrogen and oxygen atoms in total. The smallest absolute Gasteiger partial charge is 0.190 e. The molecule has 2 aromatic heterocycles. The molecule has 0 N–H and O–H groups in total. The van der Waals surface area contributed by atoms with Gasteiger partial charge >= 0.3 is 0 Å². The number of ketones is 1. The van der Waals surface area contributed by atoms with Gasteiger partial charge in [0.05, 0.1) is 22.8 Å². The number of halogens is 2. The van der Waals surface area contributed by atoms with Crippen LogP contribution < -0.4 is 0 Å². The lowest BCUT2D eigenvalue weighted by molar-refractivity contribution is 0.0981. The van der Waals surface area contributed by atoms with E-state index in [1.807, 2.05) is 6.92 Å². The number of aryl methyl sites for hydroxylation is 2. The summed E-state index contributed by atoms with van der Waals surface area (Å²) < 4.78 is 15.0. The van der Waals surface area contributed by atoms with Gasteiger partial charge in [-0.05, 0) is 18.6 Å². The van der Waals surface area contributed by atoms with Crippen molar-refractivity contribution in [1.82, 2.24) is 14.8 Å². The first kappa shape index (κ1) is 13.7. The van der Waals surface area contributed by atoms with E-state index in [4.69, 9.17) is 11.6 Å². The van der Waals surface area contributed by atoms with Gasteiger partial charge in [0.1, 0.15) is 5.69 Å². The number of carbonyl (C=O) groups is 1. The van der Waals surface area contributed by atoms with Crippen molar-refractivity contribution in [2.24, 2.45) is 7.05 Å². The second-order valence-corrected chi connectivity index (χ2v) is 4.50. The molecular weight excluding hydrogens is 269 g/mol. The highest BCUT2D eigenvalue weighted by atomic mass is 35.5. The van der Waals surface area contributed by atoms with Gasteiger partial charge in [0, 0.05) is 13.2 Å². The van der Waals surface area contributed by atoms with Crippen LogP contribution in [0.3, 0.4) is 0 Å². The number of hydrogen-bond acceptors (Lipinski definition) is 3. The Hall–Kier alpha value is -1.75. The minimum absolute atomic E-state index is 0.0176. The first-order valence-corrected chi connectivity index (χ1v) is 6.26. The maximum Gasteiger partial charge on any atom is 0.190 e. The number of aromatic nitrogens is 3. The van der Waals surface area contributed by atoms with Crippen molar-refractivity contribution in [2.45, 2.75) is 19.8 Å². The van der Waals surface area contributed by atoms with Crippen LogP contribution in [0.25, 0.3) is 0 Å². The van der Waals surface area contributed by atoms with E-state index in [-0.39, 0.29) is 12.1 Å². The van der Waals surface area contributed by atoms with Crippen LogP contribution in [-0.4, -0.2) is 20.5 Å². The average molecular weight is 282 g/mol. The molecule has 6 heteroatoms. The summed E-state index contributed by atoms with van der Waals surface area (Å²) in [4.78, 5) is 15.8. The van der Waals surface area contributed by atoms with Crippen molar-refractivity contribution < 1.29 is 9.18 Å². The summed E-state index contributed by atoms with van der Waals surface area (Å²) in [6, 6.07) is 2.65. The van der Waals surface area contributed by atoms with E-state index in [1.54, 1.807) is 11.7 Å². The summed E-state index contributed by atoms with van der Waals surface area (Å²) >= 11 is 6.15. The van der Waals surface area contributed by atoms with Gasteiger partial charge in [-0.2, -0.15) is 5.10 Å². The Kier molecular flexibility index (Phi) is 3.95. The third-order valence-corrected chi connectivity index (χ3v) is 3.29. The number of rotatable bonds is 4. The Morgan fingerprint density at radius 2 is 2.26 bits per heavy atom. The maximum atomic E-state index is 13.5. The van der Waals surface area contributed by atoms with Gasteiger partial charge in [-0.25, -0.2) is 4.39 Å². The van der Waals surface area contributed by atoms with E-state index in [1.165, 1.54) is 18.3 Å². The quantitative estimate of drug-likeness (QED) is 0.809. The van der Waals surface area contributed by atoms with Crippen molar-refractivity contribution in [3.05, 3.63) is 46.3 Å². The van der Waals surface area contributed by atoms with Crippen molar-refractivity contribution in [3.63, 3.8) is 0 Å². The largest absolute Gasteiger partial charge is 0.292 e. The average Bonchev–Trinajstić information content (AvgIpc) is 2.66. The highest BCUT2D eigenvalue weighted by molar-refractivity contribution is 6.32. The third kappa shape index (κ3) is 2.66. The standard InChI is InChI=1S/C13H13ClFN3O/c1-3-9-12(14)10(18(2)17-9)7-11(19)13-8(15)5-4-6-16-13/h4-6H,3,7H2,1-2H3. The highest BCUT2D eigenvalue weighted by Gasteiger charge is 2.19. The van der Waals surface area contributed by atoms with Crippen LogP contribution in [0.2, 0.25) is 5.02 Å². The summed E-state index contributed by atoms with van der Waals surface area (Å²) in [6.45, 7) is 1.93. The fourth-order valence-corrected chi connectivity index (χ4v) is 2.20. The molecule has 0 fully saturated rings. The lowest BCUT2D eigenvalue weighted by Gasteiger charge is -2.03. The number of hydrogen-bond donors (Lipinski definition) is 0. The Morgan fingerprint density at radius 1 is 1.53 bits per heavy atom. The maximum absolute atomic E-state index is 13.5. The topological polar surface area (TPSA) is 47.8 Å². The summed E-state index contributed by atoms with van der Waals surface area (Å²) in [6.07, 6.45) is 2.05. The number of nitrogens with zero attached hydrogens (tertiary/aromatic N) is 3. The third-order valence-electron chi connectivity index (χ3n) is 2.85. The summed E-state index contributed by atoms with van der Waals surface area (Å²) in [5.74, 6) is -1.04. The van der Waals surface area contributed by atoms with Crippen LogP contribution in [0.5, 0.6) is 0 Å². The summed E-state index contributed by atoms with van der Waals surface area (Å²) in [5.41, 5.74) is 1.14. The van der Waals surface area contributed by atoms with Gasteiger partial charge in [-0.1, -0.05) is 18.5 Å². The molecule has 2 heterocycles. The molecule has 0 saturated heterocycles. The zero-order valence-corrected chi connectivity index (χ0v) is 11.4. The molecule has 0 saturated carbocycles. The molecule has 0 radical (unpaired) electrons. The molecule has 0 aliphatic rings. The number of carbonyl (C=O) groups excluding carboxylic acids is 1. The van der Waals surface area contributed by atoms with Crippen LogP contribution in [0.4, 0.5) is 4.39 Å². The van der Waals surface area contributed by atoms with Gasteiger partial charge in [0.25, 0.3) is 0 Å². The van der Waals surface area contributed by atoms with E-state index < -0.39 is 11.6 Å². The zero-order chi connectivity index (χ0) is 14.0. The molecule has 19 heavy (non-hydrogen) atoms. The van der Waals surface area contributed by atoms with Crippen molar-refractivity contribution in [3.8, 4) is 0 Å². The van der Waals surface area contributed by atoms with Crippen LogP contribution in [0.15, 0.2) is 18.3 Å². The van der Waals surface area contributed by atoms with E-state index in [2.05, 4.69) is 10.1 Å². The van der Waals surface area contributed by atoms with Gasteiger partial charge in [0.2, 0.25) is 0 Å². The van der Waals surface area contributed by atoms with E-state index in [0.717, 1.165) is 5.69 Å². The minimum Gasteiger partial charge on any atom is -0.292 e. The van der Waals surface area contributed by atoms with Crippen LogP contribution in [0.1, 0.15) is 28.8 Å². The molecule has 100 valence electrons. The lowest BCUT2D eigenvalue weighted by Crippen LogP contribution is -2.11. The minimum atomic E-state index is -0.624. The summed E-state index contributed by atoms with van der Waals surface area (Å²) in [7, 11) is 1.71. The molecule has 0 aliphatic heterocycles. The van der Waals surface area contributed by atoms with E-state index in [9.17, 15) is 9.18 Å². The number of Topliss-reactive ketones (excluding diaryl/α,β-unsaturated/α-hetero) is 1. The fraction of sp³-hybridized carbons (Fsp3) is 0.308. The molecule has 0 unspecified atom stereocenters. The molecule has 2 rings (SSSR count). The molecule has 0 amide bonds. The normalized spacial score (nSPS) is 10.7. The first-order chi connectivity index (χ1) is 9.04. The molecule has 0 spiro atoms. The molecule has 2 aromatic rings. The fourth-order valence-electron chi connectivity index (χ4n) is 1.84. The Labute approximate surface area is 115 Å². The predicted molar refractivity (Wildman–Crippen MR) is 69.8 cm³/mol. The summed E-state index contributed by atoms with van der Waals surface area (Å²) in [5, 5.41) is 4.68. The molecule has 0 atom stereocenters. The van der Waals surface area contributed by atoms with Crippen LogP contribution in [-0.2, 0) is 19.9 Å². The van der Waals surface area contributed by atoms with Gasteiger partial charge < -0.3 is 0 Å². The van der Waals surface area contributed by atoms with E-state index in [0.29, 0.717) is 17.1 Å². The Bertz CT molecular complexity index is 624. The van der Waals surface area contributed by atoms with Crippen molar-refractivity contribution in [1.29, 1.82) is 0 Å². The van der Waals surface area contributed by atoms with Crippen molar-refractivity contribution >= 4 is 17.4 Å². The second-order valence-electron chi connectivity index (χ2n) is 4.12. The second kappa shape index (κ2) is 5.48. The molecule has 0 bridgehead atoms. The SMILES string of the molecule is CCc1nn(C)c(CC(=O)c2ncccc2F)c1Cl. The Balaban J connectivity index is 2.30. The number of pyridine rings is 1. The monoisotopic (exact) mass is 281 g/mol. The van der Waals surface area contributed by atoms with E-state index >= 15 is 0 Å². The zero-order valence-electron chi connectivity index (χ0n) is 10.7. The van der Waals surface area contributed by atoms with Crippen LogP contribution in [0, 0.1) is 5.82 Å². The van der Waals surface area contributed by atoms with Crippen molar-refractivity contribution in [2.75, 3.05) is 0 Å².